The van der Waals surface area contributed by atoms with E-state index < -0.39 is 0 Å². The molecule has 4 heteroatoms. The Morgan fingerprint density at radius 2 is 2.20 bits per heavy atom. The Labute approximate surface area is 121 Å². The van der Waals surface area contributed by atoms with Gasteiger partial charge < -0.3 is 15.0 Å². The minimum absolute atomic E-state index is 0.0104. The standard InChI is InChI=1S/C16H24N2O2/c1-5-18(4)9-8-15(19)17-14-10-20-16-12(3)11(2)6-7-13(14)16/h6-7,14H,5,8-10H2,1-4H3,(H,17,19). The molecule has 0 saturated heterocycles. The maximum absolute atomic E-state index is 12.0. The molecule has 0 spiro atoms. The van der Waals surface area contributed by atoms with Crippen LogP contribution in [-0.2, 0) is 4.79 Å². The summed E-state index contributed by atoms with van der Waals surface area (Å²) in [5.41, 5.74) is 3.50. The lowest BCUT2D eigenvalue weighted by atomic mass is 10.0. The smallest absolute Gasteiger partial charge is 0.221 e. The summed E-state index contributed by atoms with van der Waals surface area (Å²) in [6.07, 6.45) is 0.529. The third-order valence-corrected chi connectivity index (χ3v) is 4.07. The quantitative estimate of drug-likeness (QED) is 0.896. The van der Waals surface area contributed by atoms with E-state index in [1.54, 1.807) is 0 Å². The summed E-state index contributed by atoms with van der Waals surface area (Å²) in [4.78, 5) is 14.1. The lowest BCUT2D eigenvalue weighted by molar-refractivity contribution is -0.122. The average Bonchev–Trinajstić information content (AvgIpc) is 2.84. The Kier molecular flexibility index (Phi) is 4.65. The Balaban J connectivity index is 1.97. The van der Waals surface area contributed by atoms with Crippen molar-refractivity contribution in [2.45, 2.75) is 33.2 Å². The first-order valence-electron chi connectivity index (χ1n) is 7.23. The minimum atomic E-state index is -0.0104. The van der Waals surface area contributed by atoms with Crippen LogP contribution in [0, 0.1) is 13.8 Å². The number of carbonyl (C=O) groups is 1. The minimum Gasteiger partial charge on any atom is -0.490 e. The maximum Gasteiger partial charge on any atom is 0.221 e. The largest absolute Gasteiger partial charge is 0.490 e. The molecule has 1 heterocycles. The number of carbonyl (C=O) groups excluding carboxylic acids is 1. The second kappa shape index (κ2) is 6.27. The molecule has 1 unspecified atom stereocenters. The van der Waals surface area contributed by atoms with Gasteiger partial charge in [-0.15, -0.1) is 0 Å². The van der Waals surface area contributed by atoms with Gasteiger partial charge in [-0.25, -0.2) is 0 Å². The van der Waals surface area contributed by atoms with E-state index in [0.717, 1.165) is 24.4 Å². The van der Waals surface area contributed by atoms with E-state index in [0.29, 0.717) is 13.0 Å². The summed E-state index contributed by atoms with van der Waals surface area (Å²) in [7, 11) is 2.02. The number of aryl methyl sites for hydroxylation is 1. The molecule has 1 N–H and O–H groups in total. The van der Waals surface area contributed by atoms with Gasteiger partial charge in [0.2, 0.25) is 5.91 Å². The van der Waals surface area contributed by atoms with Crippen molar-refractivity contribution in [2.75, 3.05) is 26.7 Å². The van der Waals surface area contributed by atoms with Gasteiger partial charge in [-0.3, -0.25) is 4.79 Å². The van der Waals surface area contributed by atoms with E-state index in [1.807, 2.05) is 7.05 Å². The molecule has 0 bridgehead atoms. The highest BCUT2D eigenvalue weighted by molar-refractivity contribution is 5.77. The van der Waals surface area contributed by atoms with Crippen molar-refractivity contribution in [2.24, 2.45) is 0 Å². The van der Waals surface area contributed by atoms with E-state index in [9.17, 15) is 4.79 Å². The van der Waals surface area contributed by atoms with Crippen LogP contribution < -0.4 is 10.1 Å². The molecule has 0 saturated carbocycles. The Bertz CT molecular complexity index is 499. The highest BCUT2D eigenvalue weighted by Gasteiger charge is 2.27. The van der Waals surface area contributed by atoms with Gasteiger partial charge in [0.05, 0.1) is 6.04 Å². The van der Waals surface area contributed by atoms with Crippen LogP contribution in [0.1, 0.15) is 36.1 Å². The van der Waals surface area contributed by atoms with Crippen LogP contribution in [0.2, 0.25) is 0 Å². The Hall–Kier alpha value is -1.55. The van der Waals surface area contributed by atoms with Crippen LogP contribution in [0.15, 0.2) is 12.1 Å². The second-order valence-corrected chi connectivity index (χ2v) is 5.50. The number of nitrogens with one attached hydrogen (secondary N) is 1. The van der Waals surface area contributed by atoms with Crippen molar-refractivity contribution < 1.29 is 9.53 Å². The molecule has 2 rings (SSSR count). The van der Waals surface area contributed by atoms with Crippen molar-refractivity contribution in [1.82, 2.24) is 10.2 Å². The van der Waals surface area contributed by atoms with Crippen molar-refractivity contribution in [3.05, 3.63) is 28.8 Å². The molecule has 1 aromatic carbocycles. The first kappa shape index (κ1) is 14.9. The molecular weight excluding hydrogens is 252 g/mol. The number of hydrogen-bond acceptors (Lipinski definition) is 3. The summed E-state index contributed by atoms with van der Waals surface area (Å²) in [5.74, 6) is 1.03. The lowest BCUT2D eigenvalue weighted by Gasteiger charge is -2.15. The zero-order chi connectivity index (χ0) is 14.7. The monoisotopic (exact) mass is 276 g/mol. The molecule has 1 amide bonds. The highest BCUT2D eigenvalue weighted by Crippen LogP contribution is 2.36. The molecule has 1 aromatic rings. The van der Waals surface area contributed by atoms with Gasteiger partial charge in [0.1, 0.15) is 12.4 Å². The number of amides is 1. The summed E-state index contributed by atoms with van der Waals surface area (Å²) >= 11 is 0. The molecule has 0 radical (unpaired) electrons. The fourth-order valence-corrected chi connectivity index (χ4v) is 2.37. The van der Waals surface area contributed by atoms with E-state index in [4.69, 9.17) is 4.74 Å². The average molecular weight is 276 g/mol. The predicted octanol–water partition coefficient (Wildman–Crippen LogP) is 2.19. The summed E-state index contributed by atoms with van der Waals surface area (Å²) < 4.78 is 5.75. The molecule has 0 aromatic heterocycles. The van der Waals surface area contributed by atoms with E-state index in [2.05, 4.69) is 43.1 Å². The molecular formula is C16H24N2O2. The van der Waals surface area contributed by atoms with Crippen molar-refractivity contribution >= 4 is 5.91 Å². The van der Waals surface area contributed by atoms with Crippen molar-refractivity contribution in [1.29, 1.82) is 0 Å². The lowest BCUT2D eigenvalue weighted by Crippen LogP contribution is -2.32. The fraction of sp³-hybridized carbons (Fsp3) is 0.562. The number of nitrogens with zero attached hydrogens (tertiary/aromatic N) is 1. The third kappa shape index (κ3) is 3.12. The Morgan fingerprint density at radius 3 is 2.90 bits per heavy atom. The van der Waals surface area contributed by atoms with Gasteiger partial charge in [0, 0.05) is 18.5 Å². The van der Waals surface area contributed by atoms with Gasteiger partial charge in [-0.1, -0.05) is 19.1 Å². The molecule has 1 atom stereocenters. The van der Waals surface area contributed by atoms with Gasteiger partial charge in [0.15, 0.2) is 0 Å². The second-order valence-electron chi connectivity index (χ2n) is 5.50. The number of hydrogen-bond donors (Lipinski definition) is 1. The van der Waals surface area contributed by atoms with E-state index in [1.165, 1.54) is 11.1 Å². The first-order valence-corrected chi connectivity index (χ1v) is 7.23. The zero-order valence-corrected chi connectivity index (χ0v) is 12.8. The van der Waals surface area contributed by atoms with E-state index >= 15 is 0 Å². The zero-order valence-electron chi connectivity index (χ0n) is 12.8. The number of fused-ring (bicyclic) bond motifs is 1. The van der Waals surface area contributed by atoms with Crippen LogP contribution in [0.25, 0.3) is 0 Å². The summed E-state index contributed by atoms with van der Waals surface area (Å²) in [6.45, 7) is 8.51. The molecule has 4 nitrogen and oxygen atoms in total. The number of rotatable bonds is 5. The molecule has 1 aliphatic heterocycles. The van der Waals surface area contributed by atoms with Crippen molar-refractivity contribution in [3.63, 3.8) is 0 Å². The molecule has 110 valence electrons. The van der Waals surface area contributed by atoms with Crippen molar-refractivity contribution in [3.8, 4) is 5.75 Å². The van der Waals surface area contributed by atoms with Crippen LogP contribution >= 0.6 is 0 Å². The summed E-state index contributed by atoms with van der Waals surface area (Å²) in [5, 5.41) is 3.07. The number of benzene rings is 1. The van der Waals surface area contributed by atoms with Gasteiger partial charge in [0.25, 0.3) is 0 Å². The molecule has 20 heavy (non-hydrogen) atoms. The molecule has 0 aliphatic carbocycles. The van der Waals surface area contributed by atoms with Gasteiger partial charge >= 0.3 is 0 Å². The molecule has 1 aliphatic rings. The normalized spacial score (nSPS) is 16.9. The third-order valence-electron chi connectivity index (χ3n) is 4.07. The topological polar surface area (TPSA) is 41.6 Å². The maximum atomic E-state index is 12.0. The van der Waals surface area contributed by atoms with Gasteiger partial charge in [-0.05, 0) is 38.6 Å². The SMILES string of the molecule is CCN(C)CCC(=O)NC1COc2c1ccc(C)c2C. The molecule has 0 fully saturated rings. The predicted molar refractivity (Wildman–Crippen MR) is 80.1 cm³/mol. The van der Waals surface area contributed by atoms with E-state index in [-0.39, 0.29) is 11.9 Å². The van der Waals surface area contributed by atoms with Crippen LogP contribution in [-0.4, -0.2) is 37.6 Å². The highest BCUT2D eigenvalue weighted by atomic mass is 16.5. The van der Waals surface area contributed by atoms with Gasteiger partial charge in [-0.2, -0.15) is 0 Å². The fourth-order valence-electron chi connectivity index (χ4n) is 2.37. The number of ether oxygens (including phenoxy) is 1. The first-order chi connectivity index (χ1) is 9.52. The van der Waals surface area contributed by atoms with Crippen LogP contribution in [0.3, 0.4) is 0 Å². The summed E-state index contributed by atoms with van der Waals surface area (Å²) in [6, 6.07) is 4.14. The Morgan fingerprint density at radius 1 is 1.45 bits per heavy atom. The van der Waals surface area contributed by atoms with Crippen LogP contribution in [0.5, 0.6) is 5.75 Å². The van der Waals surface area contributed by atoms with Crippen LogP contribution in [0.4, 0.5) is 0 Å².